The maximum Gasteiger partial charge on any atom is 0.111 e. The maximum atomic E-state index is 5.82. The number of rotatable bonds is 2. The average Bonchev–Trinajstić information content (AvgIpc) is 2.32. The van der Waals surface area contributed by atoms with E-state index in [-0.39, 0.29) is 0 Å². The third-order valence-electron chi connectivity index (χ3n) is 2.19. The molecule has 0 spiro atoms. The summed E-state index contributed by atoms with van der Waals surface area (Å²) in [4.78, 5) is 0.689. The first-order valence-corrected chi connectivity index (χ1v) is 6.55. The zero-order valence-corrected chi connectivity index (χ0v) is 11.9. The Bertz CT molecular complexity index is 539. The molecule has 0 aliphatic carbocycles. The molecule has 2 aromatic rings. The minimum Gasteiger partial charge on any atom is -0.346 e. The lowest BCUT2D eigenvalue weighted by Gasteiger charge is -2.08. The van der Waals surface area contributed by atoms with Gasteiger partial charge in [0.25, 0.3) is 0 Å². The molecule has 1 nitrogen and oxygen atoms in total. The lowest BCUT2D eigenvalue weighted by molar-refractivity contribution is 1.58. The topological polar surface area (TPSA) is 12.0 Å². The minimum absolute atomic E-state index is 0.689. The molecule has 0 aromatic heterocycles. The van der Waals surface area contributed by atoms with Crippen molar-refractivity contribution in [3.8, 4) is 0 Å². The molecule has 0 heterocycles. The molecule has 0 radical (unpaired) electrons. The number of hydrogen-bond donors (Lipinski definition) is 1. The van der Waals surface area contributed by atoms with Crippen LogP contribution < -0.4 is 5.32 Å². The van der Waals surface area contributed by atoms with Gasteiger partial charge in [-0.05, 0) is 36.4 Å². The average molecular weight is 327 g/mol. The molecule has 0 saturated carbocycles. The maximum absolute atomic E-state index is 5.82. The normalized spacial score (nSPS) is 10.0. The first kappa shape index (κ1) is 12.6. The lowest BCUT2D eigenvalue weighted by Crippen LogP contribution is -2.10. The van der Waals surface area contributed by atoms with Crippen molar-refractivity contribution in [1.82, 2.24) is 0 Å². The molecule has 0 fully saturated rings. The van der Waals surface area contributed by atoms with E-state index in [1.807, 2.05) is 48.5 Å². The predicted octanol–water partition coefficient (Wildman–Crippen LogP) is 4.89. The molecule has 0 atom stereocenters. The summed E-state index contributed by atoms with van der Waals surface area (Å²) in [7, 11) is 0. The zero-order chi connectivity index (χ0) is 12.3. The Hall–Kier alpha value is -0.900. The number of nitrogens with one attached hydrogen (secondary N) is 1. The summed E-state index contributed by atoms with van der Waals surface area (Å²) in [5.41, 5.74) is 1.91. The van der Waals surface area contributed by atoms with E-state index in [1.165, 1.54) is 0 Å². The Labute approximate surface area is 119 Å². The molecule has 86 valence electrons. The van der Waals surface area contributed by atoms with Gasteiger partial charge in [-0.15, -0.1) is 0 Å². The molecule has 17 heavy (non-hydrogen) atoms. The second-order valence-corrected chi connectivity index (χ2v) is 5.23. The molecule has 1 N–H and O–H groups in total. The lowest BCUT2D eigenvalue weighted by atomic mass is 10.2. The highest BCUT2D eigenvalue weighted by molar-refractivity contribution is 9.10. The van der Waals surface area contributed by atoms with E-state index >= 15 is 0 Å². The van der Waals surface area contributed by atoms with E-state index in [4.69, 9.17) is 23.8 Å². The molecule has 0 amide bonds. The number of halogens is 2. The van der Waals surface area contributed by atoms with Gasteiger partial charge in [0.2, 0.25) is 0 Å². The van der Waals surface area contributed by atoms with Gasteiger partial charge < -0.3 is 5.32 Å². The van der Waals surface area contributed by atoms with Crippen LogP contribution in [0.4, 0.5) is 5.69 Å². The largest absolute Gasteiger partial charge is 0.346 e. The van der Waals surface area contributed by atoms with E-state index in [0.29, 0.717) is 10.0 Å². The summed E-state index contributed by atoms with van der Waals surface area (Å²) in [5.74, 6) is 0. The van der Waals surface area contributed by atoms with Crippen molar-refractivity contribution in [2.45, 2.75) is 0 Å². The molecule has 2 aromatic carbocycles. The van der Waals surface area contributed by atoms with E-state index in [1.54, 1.807) is 0 Å². The molecule has 0 aliphatic rings. The van der Waals surface area contributed by atoms with Gasteiger partial charge in [0.15, 0.2) is 0 Å². The Morgan fingerprint density at radius 2 is 1.82 bits per heavy atom. The van der Waals surface area contributed by atoms with Crippen LogP contribution in [0.1, 0.15) is 5.56 Å². The van der Waals surface area contributed by atoms with E-state index < -0.39 is 0 Å². The SMILES string of the molecule is S=C(Nc1ccc(Cl)cc1)c1cccc(Br)c1. The third kappa shape index (κ3) is 3.53. The van der Waals surface area contributed by atoms with Crippen LogP contribution in [0.5, 0.6) is 0 Å². The van der Waals surface area contributed by atoms with Crippen molar-refractivity contribution < 1.29 is 0 Å². The monoisotopic (exact) mass is 325 g/mol. The summed E-state index contributed by atoms with van der Waals surface area (Å²) < 4.78 is 1.01. The second kappa shape index (κ2) is 5.63. The minimum atomic E-state index is 0.689. The number of hydrogen-bond acceptors (Lipinski definition) is 1. The molecule has 0 saturated heterocycles. The van der Waals surface area contributed by atoms with Crippen LogP contribution in [0.25, 0.3) is 0 Å². The fraction of sp³-hybridized carbons (Fsp3) is 0. The number of anilines is 1. The van der Waals surface area contributed by atoms with Gasteiger partial charge in [-0.25, -0.2) is 0 Å². The Morgan fingerprint density at radius 3 is 2.47 bits per heavy atom. The number of thiocarbonyl (C=S) groups is 1. The van der Waals surface area contributed by atoms with Gasteiger partial charge in [0.05, 0.1) is 0 Å². The van der Waals surface area contributed by atoms with Gasteiger partial charge in [-0.3, -0.25) is 0 Å². The Morgan fingerprint density at radius 1 is 1.12 bits per heavy atom. The fourth-order valence-corrected chi connectivity index (χ4v) is 2.14. The van der Waals surface area contributed by atoms with Gasteiger partial charge in [-0.2, -0.15) is 0 Å². The van der Waals surface area contributed by atoms with E-state index in [0.717, 1.165) is 15.7 Å². The first-order valence-electron chi connectivity index (χ1n) is 4.97. The summed E-state index contributed by atoms with van der Waals surface area (Å²) in [6, 6.07) is 15.3. The summed E-state index contributed by atoms with van der Waals surface area (Å²) in [6.45, 7) is 0. The van der Waals surface area contributed by atoms with Gasteiger partial charge >= 0.3 is 0 Å². The van der Waals surface area contributed by atoms with Crippen LogP contribution in [0.2, 0.25) is 5.02 Å². The predicted molar refractivity (Wildman–Crippen MR) is 80.9 cm³/mol. The van der Waals surface area contributed by atoms with Gasteiger partial charge in [0.1, 0.15) is 4.99 Å². The molecular weight excluding hydrogens is 318 g/mol. The van der Waals surface area contributed by atoms with Gasteiger partial charge in [-0.1, -0.05) is 51.9 Å². The molecular formula is C13H9BrClNS. The van der Waals surface area contributed by atoms with Crippen molar-refractivity contribution in [3.63, 3.8) is 0 Å². The second-order valence-electron chi connectivity index (χ2n) is 3.47. The van der Waals surface area contributed by atoms with E-state index in [9.17, 15) is 0 Å². The molecule has 0 bridgehead atoms. The van der Waals surface area contributed by atoms with Crippen LogP contribution in [-0.4, -0.2) is 4.99 Å². The third-order valence-corrected chi connectivity index (χ3v) is 3.27. The van der Waals surface area contributed by atoms with Crippen molar-refractivity contribution >= 4 is 50.4 Å². The summed E-state index contributed by atoms with van der Waals surface area (Å²) in [5, 5.41) is 3.88. The van der Waals surface area contributed by atoms with Crippen LogP contribution in [0.15, 0.2) is 53.0 Å². The Balaban J connectivity index is 2.14. The zero-order valence-electron chi connectivity index (χ0n) is 8.78. The standard InChI is InChI=1S/C13H9BrClNS/c14-10-3-1-2-9(8-10)13(17)16-12-6-4-11(15)5-7-12/h1-8H,(H,16,17). The summed E-state index contributed by atoms with van der Waals surface area (Å²) in [6.07, 6.45) is 0. The van der Waals surface area contributed by atoms with Crippen molar-refractivity contribution in [2.24, 2.45) is 0 Å². The number of benzene rings is 2. The van der Waals surface area contributed by atoms with Crippen LogP contribution in [0, 0.1) is 0 Å². The highest BCUT2D eigenvalue weighted by Gasteiger charge is 2.02. The highest BCUT2D eigenvalue weighted by Crippen LogP contribution is 2.16. The molecule has 2 rings (SSSR count). The first-order chi connectivity index (χ1) is 8.15. The molecule has 4 heteroatoms. The van der Waals surface area contributed by atoms with Crippen molar-refractivity contribution in [1.29, 1.82) is 0 Å². The van der Waals surface area contributed by atoms with E-state index in [2.05, 4.69) is 21.2 Å². The highest BCUT2D eigenvalue weighted by atomic mass is 79.9. The fourth-order valence-electron chi connectivity index (χ4n) is 1.37. The Kier molecular flexibility index (Phi) is 4.15. The van der Waals surface area contributed by atoms with Gasteiger partial charge in [0, 0.05) is 20.7 Å². The van der Waals surface area contributed by atoms with Crippen LogP contribution in [-0.2, 0) is 0 Å². The smallest absolute Gasteiger partial charge is 0.111 e. The van der Waals surface area contributed by atoms with Crippen LogP contribution in [0.3, 0.4) is 0 Å². The molecule has 0 aliphatic heterocycles. The van der Waals surface area contributed by atoms with Crippen molar-refractivity contribution in [2.75, 3.05) is 5.32 Å². The van der Waals surface area contributed by atoms with Crippen LogP contribution >= 0.6 is 39.7 Å². The molecule has 0 unspecified atom stereocenters. The quantitative estimate of drug-likeness (QED) is 0.789. The summed E-state index contributed by atoms with van der Waals surface area (Å²) >= 11 is 14.6. The van der Waals surface area contributed by atoms with Crippen molar-refractivity contribution in [3.05, 3.63) is 63.6 Å².